The number of fused-ring (bicyclic) bond motifs is 2. The first-order valence-electron chi connectivity index (χ1n) is 8.79. The van der Waals surface area contributed by atoms with Gasteiger partial charge in [0.25, 0.3) is 0 Å². The van der Waals surface area contributed by atoms with Gasteiger partial charge in [0.1, 0.15) is 20.9 Å². The van der Waals surface area contributed by atoms with Crippen LogP contribution in [0.3, 0.4) is 0 Å². The van der Waals surface area contributed by atoms with E-state index in [0.29, 0.717) is 30.5 Å². The van der Waals surface area contributed by atoms with Crippen molar-refractivity contribution in [1.82, 2.24) is 18.0 Å². The molecule has 0 unspecified atom stereocenters. The van der Waals surface area contributed by atoms with E-state index >= 15 is 0 Å². The van der Waals surface area contributed by atoms with E-state index in [4.69, 9.17) is 4.98 Å². The summed E-state index contributed by atoms with van der Waals surface area (Å²) in [5, 5.41) is 0.940. The van der Waals surface area contributed by atoms with Gasteiger partial charge in [0, 0.05) is 23.4 Å². The predicted octanol–water partition coefficient (Wildman–Crippen LogP) is 3.87. The number of aryl methyl sites for hydroxylation is 1. The fraction of sp³-hybridized carbons (Fsp3) is 0.211. The molecule has 0 spiro atoms. The maximum absolute atomic E-state index is 13.3. The van der Waals surface area contributed by atoms with Crippen LogP contribution >= 0.6 is 23.1 Å². The zero-order valence-electron chi connectivity index (χ0n) is 15.0. The van der Waals surface area contributed by atoms with Crippen LogP contribution in [0.1, 0.15) is 16.1 Å². The number of hydrogen-bond acceptors (Lipinski definition) is 7. The molecule has 3 heterocycles. The zero-order valence-corrected chi connectivity index (χ0v) is 17.4. The van der Waals surface area contributed by atoms with Crippen LogP contribution in [0.4, 0.5) is 0 Å². The van der Waals surface area contributed by atoms with E-state index < -0.39 is 10.0 Å². The Kier molecular flexibility index (Phi) is 4.27. The lowest BCUT2D eigenvalue weighted by Gasteiger charge is -2.25. The Morgan fingerprint density at radius 2 is 1.89 bits per heavy atom. The second kappa shape index (κ2) is 6.70. The Labute approximate surface area is 170 Å². The molecule has 0 saturated carbocycles. The molecule has 0 saturated heterocycles. The van der Waals surface area contributed by atoms with Gasteiger partial charge in [-0.05, 0) is 19.1 Å². The Morgan fingerprint density at radius 3 is 2.71 bits per heavy atom. The third kappa shape index (κ3) is 2.95. The van der Waals surface area contributed by atoms with Gasteiger partial charge in [0.2, 0.25) is 10.0 Å². The molecule has 4 aromatic rings. The van der Waals surface area contributed by atoms with Crippen LogP contribution in [-0.2, 0) is 23.0 Å². The molecule has 0 fully saturated rings. The molecule has 0 amide bonds. The summed E-state index contributed by atoms with van der Waals surface area (Å²) in [6.45, 7) is 2.81. The molecule has 6 nitrogen and oxygen atoms in total. The van der Waals surface area contributed by atoms with Crippen LogP contribution in [0.2, 0.25) is 0 Å². The van der Waals surface area contributed by atoms with E-state index in [1.807, 2.05) is 0 Å². The summed E-state index contributed by atoms with van der Waals surface area (Å²) in [6.07, 6.45) is 0.613. The van der Waals surface area contributed by atoms with Crippen LogP contribution in [0.5, 0.6) is 0 Å². The number of hydrogen-bond donors (Lipinski definition) is 0. The van der Waals surface area contributed by atoms with Crippen LogP contribution in [-0.4, -0.2) is 33.0 Å². The van der Waals surface area contributed by atoms with E-state index in [1.54, 1.807) is 29.5 Å². The molecule has 28 heavy (non-hydrogen) atoms. The highest BCUT2D eigenvalue weighted by atomic mass is 32.2. The van der Waals surface area contributed by atoms with Crippen LogP contribution in [0.25, 0.3) is 21.6 Å². The smallest absolute Gasteiger partial charge is 0.241 e. The first-order valence-corrected chi connectivity index (χ1v) is 11.8. The molecule has 5 rings (SSSR count). The van der Waals surface area contributed by atoms with Gasteiger partial charge in [-0.3, -0.25) is 0 Å². The largest absolute Gasteiger partial charge is 0.245 e. The second-order valence-corrected chi connectivity index (χ2v) is 10.3. The average Bonchev–Trinajstić information content (AvgIpc) is 3.34. The van der Waals surface area contributed by atoms with Crippen molar-refractivity contribution in [2.24, 2.45) is 0 Å². The molecule has 142 valence electrons. The summed E-state index contributed by atoms with van der Waals surface area (Å²) >= 11 is 2.60. The lowest BCUT2D eigenvalue weighted by atomic mass is 10.1. The van der Waals surface area contributed by atoms with Gasteiger partial charge >= 0.3 is 0 Å². The molecule has 9 heteroatoms. The summed E-state index contributed by atoms with van der Waals surface area (Å²) in [5.41, 5.74) is 4.33. The van der Waals surface area contributed by atoms with Crippen molar-refractivity contribution < 1.29 is 8.42 Å². The molecule has 0 aliphatic carbocycles. The van der Waals surface area contributed by atoms with Crippen molar-refractivity contribution in [3.8, 4) is 10.6 Å². The maximum Gasteiger partial charge on any atom is 0.245 e. The van der Waals surface area contributed by atoms with E-state index in [-0.39, 0.29) is 4.90 Å². The van der Waals surface area contributed by atoms with Gasteiger partial charge in [-0.25, -0.2) is 13.4 Å². The first kappa shape index (κ1) is 17.9. The highest BCUT2D eigenvalue weighted by Crippen LogP contribution is 2.34. The minimum absolute atomic E-state index is 0.227. The quantitative estimate of drug-likeness (QED) is 0.495. The Morgan fingerprint density at radius 1 is 1.07 bits per heavy atom. The van der Waals surface area contributed by atoms with Crippen molar-refractivity contribution >= 4 is 44.1 Å². The number of benzene rings is 2. The Hall–Kier alpha value is -2.20. The molecular formula is C19H16N4O2S3. The van der Waals surface area contributed by atoms with Crippen molar-refractivity contribution in [2.45, 2.75) is 24.8 Å². The Bertz CT molecular complexity index is 1280. The summed E-state index contributed by atoms with van der Waals surface area (Å²) in [6, 6.07) is 13.4. The minimum Gasteiger partial charge on any atom is -0.241 e. The number of thiazole rings is 1. The highest BCUT2D eigenvalue weighted by molar-refractivity contribution is 7.89. The van der Waals surface area contributed by atoms with E-state index in [1.165, 1.54) is 9.87 Å². The topological polar surface area (TPSA) is 76.1 Å². The molecule has 0 atom stereocenters. The molecule has 0 bridgehead atoms. The van der Waals surface area contributed by atoms with E-state index in [2.05, 4.69) is 39.9 Å². The first-order chi connectivity index (χ1) is 13.5. The average molecular weight is 429 g/mol. The van der Waals surface area contributed by atoms with Crippen LogP contribution in [0, 0.1) is 6.92 Å². The molecule has 1 aliphatic heterocycles. The standard InChI is InChI=1S/C19H16N4O2S3/c1-12-5-7-13(8-6-12)19-20-14-9-10-23(11-16(14)26-19)28(24,25)17-4-2-3-15-18(17)22-27-21-15/h2-8H,9-11H2,1H3. The van der Waals surface area contributed by atoms with Gasteiger partial charge in [-0.1, -0.05) is 35.9 Å². The lowest BCUT2D eigenvalue weighted by molar-refractivity contribution is 0.393. The minimum atomic E-state index is -3.65. The summed E-state index contributed by atoms with van der Waals surface area (Å²) < 4.78 is 36.4. The predicted molar refractivity (Wildman–Crippen MR) is 111 cm³/mol. The van der Waals surface area contributed by atoms with Gasteiger partial charge in [0.15, 0.2) is 0 Å². The SMILES string of the molecule is Cc1ccc(-c2nc3c(s2)CN(S(=O)(=O)c2cccc4nsnc24)CC3)cc1. The molecule has 0 radical (unpaired) electrons. The monoisotopic (exact) mass is 428 g/mol. The summed E-state index contributed by atoms with van der Waals surface area (Å²) in [7, 11) is -3.65. The third-order valence-electron chi connectivity index (χ3n) is 4.86. The van der Waals surface area contributed by atoms with Crippen molar-refractivity contribution in [2.75, 3.05) is 6.54 Å². The van der Waals surface area contributed by atoms with Crippen molar-refractivity contribution in [3.63, 3.8) is 0 Å². The maximum atomic E-state index is 13.3. The fourth-order valence-corrected chi connectivity index (χ4v) is 6.70. The number of rotatable bonds is 3. The highest BCUT2D eigenvalue weighted by Gasteiger charge is 2.32. The van der Waals surface area contributed by atoms with Gasteiger partial charge in [0.05, 0.1) is 24.0 Å². The van der Waals surface area contributed by atoms with Crippen LogP contribution < -0.4 is 0 Å². The number of aromatic nitrogens is 3. The van der Waals surface area contributed by atoms with Crippen molar-refractivity contribution in [3.05, 3.63) is 58.6 Å². The molecule has 2 aromatic heterocycles. The number of sulfonamides is 1. The Balaban J connectivity index is 1.48. The van der Waals surface area contributed by atoms with E-state index in [0.717, 1.165) is 32.9 Å². The molecular weight excluding hydrogens is 412 g/mol. The normalized spacial score (nSPS) is 15.0. The van der Waals surface area contributed by atoms with E-state index in [9.17, 15) is 8.42 Å². The summed E-state index contributed by atoms with van der Waals surface area (Å²) in [4.78, 5) is 5.99. The van der Waals surface area contributed by atoms with Gasteiger partial charge in [-0.2, -0.15) is 13.1 Å². The molecule has 2 aromatic carbocycles. The number of nitrogens with zero attached hydrogens (tertiary/aromatic N) is 4. The second-order valence-electron chi connectivity index (χ2n) is 6.73. The van der Waals surface area contributed by atoms with Gasteiger partial charge in [-0.15, -0.1) is 11.3 Å². The van der Waals surface area contributed by atoms with Crippen LogP contribution in [0.15, 0.2) is 47.4 Å². The molecule has 1 aliphatic rings. The molecule has 0 N–H and O–H groups in total. The summed E-state index contributed by atoms with van der Waals surface area (Å²) in [5.74, 6) is 0. The van der Waals surface area contributed by atoms with Gasteiger partial charge < -0.3 is 0 Å². The fourth-order valence-electron chi connectivity index (χ4n) is 3.33. The third-order valence-corrected chi connectivity index (χ3v) is 8.41. The zero-order chi connectivity index (χ0) is 19.3. The lowest BCUT2D eigenvalue weighted by Crippen LogP contribution is -2.35. The van der Waals surface area contributed by atoms with Crippen molar-refractivity contribution in [1.29, 1.82) is 0 Å².